The molecule has 2 nitrogen and oxygen atoms in total. The zero-order chi connectivity index (χ0) is 12.4. The lowest BCUT2D eigenvalue weighted by Gasteiger charge is -2.04. The number of hydrogen-bond acceptors (Lipinski definition) is 2. The molecule has 0 bridgehead atoms. The van der Waals surface area contributed by atoms with E-state index in [4.69, 9.17) is 0 Å². The predicted octanol–water partition coefficient (Wildman–Crippen LogP) is 3.76. The maximum Gasteiger partial charge on any atom is 0.256 e. The Labute approximate surface area is 103 Å². The lowest BCUT2D eigenvalue weighted by molar-refractivity contribution is 0.102. The van der Waals surface area contributed by atoms with E-state index in [0.717, 1.165) is 10.4 Å². The summed E-state index contributed by atoms with van der Waals surface area (Å²) < 4.78 is 13.0. The van der Waals surface area contributed by atoms with Crippen LogP contribution in [-0.4, -0.2) is 5.91 Å². The number of halogens is 1. The quantitative estimate of drug-likeness (QED) is 0.862. The van der Waals surface area contributed by atoms with Crippen LogP contribution in [0, 0.1) is 19.7 Å². The number of rotatable bonds is 2. The lowest BCUT2D eigenvalue weighted by Crippen LogP contribution is -2.12. The third kappa shape index (κ3) is 2.53. The first kappa shape index (κ1) is 11.8. The Bertz CT molecular complexity index is 562. The highest BCUT2D eigenvalue weighted by Gasteiger charge is 2.12. The molecule has 0 unspecified atom stereocenters. The first-order valence-electron chi connectivity index (χ1n) is 5.19. The monoisotopic (exact) mass is 249 g/mol. The zero-order valence-corrected chi connectivity index (χ0v) is 10.4. The maximum atomic E-state index is 13.0. The molecule has 88 valence electrons. The molecule has 1 aromatic carbocycles. The second-order valence-electron chi connectivity index (χ2n) is 3.80. The standard InChI is InChI=1S/C13H12FNOS/c1-8-9(2)17-7-12(8)13(16)15-11-5-3-4-10(14)6-11/h3-7H,1-2H3,(H,15,16). The summed E-state index contributed by atoms with van der Waals surface area (Å²) >= 11 is 1.54. The van der Waals surface area contributed by atoms with Crippen molar-refractivity contribution in [2.75, 3.05) is 5.32 Å². The number of carbonyl (C=O) groups is 1. The van der Waals surface area contributed by atoms with Crippen molar-refractivity contribution in [2.45, 2.75) is 13.8 Å². The fraction of sp³-hybridized carbons (Fsp3) is 0.154. The number of aryl methyl sites for hydroxylation is 1. The van der Waals surface area contributed by atoms with E-state index in [1.165, 1.54) is 23.5 Å². The molecule has 4 heteroatoms. The largest absolute Gasteiger partial charge is 0.322 e. The van der Waals surface area contributed by atoms with E-state index in [9.17, 15) is 9.18 Å². The van der Waals surface area contributed by atoms with Crippen LogP contribution in [0.5, 0.6) is 0 Å². The Kier molecular flexibility index (Phi) is 3.24. The van der Waals surface area contributed by atoms with Crippen LogP contribution < -0.4 is 5.32 Å². The SMILES string of the molecule is Cc1scc(C(=O)Nc2cccc(F)c2)c1C. The van der Waals surface area contributed by atoms with Crippen LogP contribution in [0.4, 0.5) is 10.1 Å². The Morgan fingerprint density at radius 1 is 1.35 bits per heavy atom. The number of carbonyl (C=O) groups excluding carboxylic acids is 1. The summed E-state index contributed by atoms with van der Waals surface area (Å²) in [6.45, 7) is 3.88. The molecule has 0 fully saturated rings. The van der Waals surface area contributed by atoms with Gasteiger partial charge in [0.25, 0.3) is 5.91 Å². The van der Waals surface area contributed by atoms with Gasteiger partial charge in [-0.25, -0.2) is 4.39 Å². The highest BCUT2D eigenvalue weighted by atomic mass is 32.1. The number of thiophene rings is 1. The van der Waals surface area contributed by atoms with Crippen LogP contribution in [0.25, 0.3) is 0 Å². The van der Waals surface area contributed by atoms with Gasteiger partial charge < -0.3 is 5.32 Å². The van der Waals surface area contributed by atoms with Crippen LogP contribution in [-0.2, 0) is 0 Å². The van der Waals surface area contributed by atoms with E-state index in [-0.39, 0.29) is 11.7 Å². The van der Waals surface area contributed by atoms with E-state index >= 15 is 0 Å². The van der Waals surface area contributed by atoms with Crippen LogP contribution in [0.15, 0.2) is 29.6 Å². The van der Waals surface area contributed by atoms with Gasteiger partial charge in [-0.05, 0) is 37.6 Å². The van der Waals surface area contributed by atoms with Crippen molar-refractivity contribution in [3.05, 3.63) is 51.5 Å². The number of amides is 1. The van der Waals surface area contributed by atoms with Gasteiger partial charge >= 0.3 is 0 Å². The van der Waals surface area contributed by atoms with Gasteiger partial charge in [0.15, 0.2) is 0 Å². The molecule has 2 rings (SSSR count). The van der Waals surface area contributed by atoms with Crippen LogP contribution in [0.3, 0.4) is 0 Å². The van der Waals surface area contributed by atoms with E-state index in [1.54, 1.807) is 12.1 Å². The van der Waals surface area contributed by atoms with Gasteiger partial charge in [0.05, 0.1) is 5.56 Å². The van der Waals surface area contributed by atoms with Crippen LogP contribution >= 0.6 is 11.3 Å². The Balaban J connectivity index is 2.20. The van der Waals surface area contributed by atoms with Crippen molar-refractivity contribution in [3.8, 4) is 0 Å². The van der Waals surface area contributed by atoms with E-state index in [2.05, 4.69) is 5.32 Å². The smallest absolute Gasteiger partial charge is 0.256 e. The fourth-order valence-corrected chi connectivity index (χ4v) is 2.37. The second-order valence-corrected chi connectivity index (χ2v) is 4.88. The molecule has 1 N–H and O–H groups in total. The average Bonchev–Trinajstić information content (AvgIpc) is 2.60. The van der Waals surface area contributed by atoms with Gasteiger partial charge in [0.1, 0.15) is 5.82 Å². The zero-order valence-electron chi connectivity index (χ0n) is 9.58. The van der Waals surface area contributed by atoms with Crippen molar-refractivity contribution in [2.24, 2.45) is 0 Å². The van der Waals surface area contributed by atoms with Crippen molar-refractivity contribution in [1.29, 1.82) is 0 Å². The second kappa shape index (κ2) is 4.67. The minimum Gasteiger partial charge on any atom is -0.322 e. The normalized spacial score (nSPS) is 10.3. The third-order valence-electron chi connectivity index (χ3n) is 2.61. The molecule has 0 saturated heterocycles. The molecule has 0 aliphatic carbocycles. The molecule has 1 heterocycles. The molecule has 1 amide bonds. The summed E-state index contributed by atoms with van der Waals surface area (Å²) in [6, 6.07) is 5.87. The summed E-state index contributed by atoms with van der Waals surface area (Å²) in [5.74, 6) is -0.557. The van der Waals surface area contributed by atoms with Crippen LogP contribution in [0.1, 0.15) is 20.8 Å². The Hall–Kier alpha value is -1.68. The molecule has 0 radical (unpaired) electrons. The summed E-state index contributed by atoms with van der Waals surface area (Å²) in [6.07, 6.45) is 0. The Morgan fingerprint density at radius 3 is 2.71 bits per heavy atom. The molecule has 1 aromatic heterocycles. The van der Waals surface area contributed by atoms with Gasteiger partial charge in [-0.15, -0.1) is 11.3 Å². The van der Waals surface area contributed by atoms with Gasteiger partial charge in [-0.1, -0.05) is 6.07 Å². The molecule has 0 spiro atoms. The number of anilines is 1. The molecule has 2 aromatic rings. The fourth-order valence-electron chi connectivity index (χ4n) is 1.50. The van der Waals surface area contributed by atoms with Gasteiger partial charge in [0.2, 0.25) is 0 Å². The van der Waals surface area contributed by atoms with Gasteiger partial charge in [-0.3, -0.25) is 4.79 Å². The molecule has 0 atom stereocenters. The van der Waals surface area contributed by atoms with E-state index in [1.807, 2.05) is 19.2 Å². The van der Waals surface area contributed by atoms with E-state index < -0.39 is 0 Å². The van der Waals surface area contributed by atoms with Gasteiger partial charge in [0, 0.05) is 15.9 Å². The molecule has 0 aliphatic heterocycles. The number of nitrogens with one attached hydrogen (secondary N) is 1. The van der Waals surface area contributed by atoms with Crippen molar-refractivity contribution in [1.82, 2.24) is 0 Å². The highest BCUT2D eigenvalue weighted by Crippen LogP contribution is 2.21. The van der Waals surface area contributed by atoms with Crippen molar-refractivity contribution >= 4 is 22.9 Å². The summed E-state index contributed by atoms with van der Waals surface area (Å²) in [4.78, 5) is 13.1. The summed E-state index contributed by atoms with van der Waals surface area (Å²) in [5.41, 5.74) is 2.10. The number of benzene rings is 1. The topological polar surface area (TPSA) is 29.1 Å². The highest BCUT2D eigenvalue weighted by molar-refractivity contribution is 7.10. The molecular formula is C13H12FNOS. The van der Waals surface area contributed by atoms with E-state index in [0.29, 0.717) is 11.3 Å². The molecular weight excluding hydrogens is 237 g/mol. The maximum absolute atomic E-state index is 13.0. The Morgan fingerprint density at radius 2 is 2.12 bits per heavy atom. The summed E-state index contributed by atoms with van der Waals surface area (Å²) in [7, 11) is 0. The lowest BCUT2D eigenvalue weighted by atomic mass is 10.1. The van der Waals surface area contributed by atoms with Gasteiger partial charge in [-0.2, -0.15) is 0 Å². The average molecular weight is 249 g/mol. The predicted molar refractivity (Wildman–Crippen MR) is 68.1 cm³/mol. The minimum atomic E-state index is -0.360. The molecule has 0 saturated carbocycles. The van der Waals surface area contributed by atoms with Crippen molar-refractivity contribution in [3.63, 3.8) is 0 Å². The van der Waals surface area contributed by atoms with Crippen molar-refractivity contribution < 1.29 is 9.18 Å². The summed E-state index contributed by atoms with van der Waals surface area (Å²) in [5, 5.41) is 4.50. The van der Waals surface area contributed by atoms with Crippen LogP contribution in [0.2, 0.25) is 0 Å². The third-order valence-corrected chi connectivity index (χ3v) is 3.63. The number of hydrogen-bond donors (Lipinski definition) is 1. The molecule has 17 heavy (non-hydrogen) atoms. The first-order chi connectivity index (χ1) is 8.08. The minimum absolute atomic E-state index is 0.197. The first-order valence-corrected chi connectivity index (χ1v) is 6.07. The molecule has 0 aliphatic rings.